The molecule has 0 fully saturated rings. The third-order valence-corrected chi connectivity index (χ3v) is 3.20. The molecule has 2 heterocycles. The van der Waals surface area contributed by atoms with Crippen LogP contribution < -0.4 is 5.32 Å². The molecule has 0 aliphatic heterocycles. The Morgan fingerprint density at radius 1 is 1.38 bits per heavy atom. The second-order valence-corrected chi connectivity index (χ2v) is 4.47. The molecule has 0 saturated heterocycles. The molecule has 2 rings (SSSR count). The van der Waals surface area contributed by atoms with E-state index in [9.17, 15) is 0 Å². The smallest absolute Gasteiger partial charge is 0.129 e. The average Bonchev–Trinajstić information content (AvgIpc) is 2.96. The van der Waals surface area contributed by atoms with E-state index in [2.05, 4.69) is 29.1 Å². The van der Waals surface area contributed by atoms with Crippen LogP contribution in [0.4, 0.5) is 0 Å². The van der Waals surface area contributed by atoms with Gasteiger partial charge in [-0.05, 0) is 41.4 Å². The summed E-state index contributed by atoms with van der Waals surface area (Å²) in [6, 6.07) is 6.11. The van der Waals surface area contributed by atoms with Crippen molar-refractivity contribution in [2.75, 3.05) is 0 Å². The molecule has 2 aromatic rings. The summed E-state index contributed by atoms with van der Waals surface area (Å²) in [4.78, 5) is 0. The van der Waals surface area contributed by atoms with Crippen LogP contribution in [0, 0.1) is 0 Å². The van der Waals surface area contributed by atoms with Crippen LogP contribution in [0.25, 0.3) is 0 Å². The maximum atomic E-state index is 8.87. The van der Waals surface area contributed by atoms with Gasteiger partial charge in [0.25, 0.3) is 0 Å². The Morgan fingerprint density at radius 2 is 2.19 bits per heavy atom. The minimum absolute atomic E-state index is 0.0416. The summed E-state index contributed by atoms with van der Waals surface area (Å²) < 4.78 is 5.39. The maximum Gasteiger partial charge on any atom is 0.129 e. The van der Waals surface area contributed by atoms with Crippen LogP contribution in [0.5, 0.6) is 0 Å². The first-order valence-electron chi connectivity index (χ1n) is 5.23. The van der Waals surface area contributed by atoms with E-state index in [0.717, 1.165) is 5.76 Å². The summed E-state index contributed by atoms with van der Waals surface area (Å²) in [6.45, 7) is 2.76. The molecule has 86 valence electrons. The molecule has 0 saturated carbocycles. The third-order valence-electron chi connectivity index (χ3n) is 2.50. The van der Waals surface area contributed by atoms with E-state index in [1.54, 1.807) is 17.4 Å². The molecular weight excluding hydrogens is 222 g/mol. The zero-order chi connectivity index (χ0) is 11.4. The van der Waals surface area contributed by atoms with Gasteiger partial charge in [-0.1, -0.05) is 0 Å². The van der Waals surface area contributed by atoms with Crippen LogP contribution in [0.15, 0.2) is 33.4 Å². The molecule has 0 spiro atoms. The molecule has 0 bridgehead atoms. The van der Waals surface area contributed by atoms with Gasteiger partial charge in [0.15, 0.2) is 0 Å². The molecule has 0 amide bonds. The van der Waals surface area contributed by atoms with E-state index >= 15 is 0 Å². The lowest BCUT2D eigenvalue weighted by molar-refractivity contribution is 0.242. The van der Waals surface area contributed by atoms with Crippen LogP contribution in [-0.2, 0) is 13.2 Å². The van der Waals surface area contributed by atoms with Crippen LogP contribution >= 0.6 is 11.3 Å². The SMILES string of the molecule is CC(NCc1ccc(CO)o1)c1ccsc1. The molecule has 0 aliphatic carbocycles. The summed E-state index contributed by atoms with van der Waals surface area (Å²) in [6.07, 6.45) is 0. The van der Waals surface area contributed by atoms with Gasteiger partial charge in [0.1, 0.15) is 18.1 Å². The lowest BCUT2D eigenvalue weighted by atomic mass is 10.2. The van der Waals surface area contributed by atoms with E-state index in [-0.39, 0.29) is 6.61 Å². The second-order valence-electron chi connectivity index (χ2n) is 3.69. The first kappa shape index (κ1) is 11.4. The summed E-state index contributed by atoms with van der Waals surface area (Å²) in [5.74, 6) is 1.46. The first-order valence-corrected chi connectivity index (χ1v) is 6.18. The van der Waals surface area contributed by atoms with E-state index in [1.807, 2.05) is 6.07 Å². The minimum Gasteiger partial charge on any atom is -0.462 e. The van der Waals surface area contributed by atoms with Crippen molar-refractivity contribution in [3.05, 3.63) is 46.0 Å². The van der Waals surface area contributed by atoms with Crippen molar-refractivity contribution in [3.63, 3.8) is 0 Å². The summed E-state index contributed by atoms with van der Waals surface area (Å²) in [5.41, 5.74) is 1.29. The monoisotopic (exact) mass is 237 g/mol. The van der Waals surface area contributed by atoms with Gasteiger partial charge in [-0.25, -0.2) is 0 Å². The molecule has 1 atom stereocenters. The molecule has 2 N–H and O–H groups in total. The number of aliphatic hydroxyl groups excluding tert-OH is 1. The Balaban J connectivity index is 1.87. The van der Waals surface area contributed by atoms with Crippen LogP contribution in [-0.4, -0.2) is 5.11 Å². The van der Waals surface area contributed by atoms with Crippen molar-refractivity contribution in [3.8, 4) is 0 Å². The molecule has 16 heavy (non-hydrogen) atoms. The zero-order valence-corrected chi connectivity index (χ0v) is 9.96. The molecule has 4 heteroatoms. The van der Waals surface area contributed by atoms with Gasteiger partial charge in [-0.2, -0.15) is 11.3 Å². The zero-order valence-electron chi connectivity index (χ0n) is 9.14. The summed E-state index contributed by atoms with van der Waals surface area (Å²) in [7, 11) is 0. The van der Waals surface area contributed by atoms with E-state index < -0.39 is 0 Å². The predicted octanol–water partition coefficient (Wildman–Crippen LogP) is 2.68. The quantitative estimate of drug-likeness (QED) is 0.840. The van der Waals surface area contributed by atoms with E-state index in [0.29, 0.717) is 18.3 Å². The summed E-state index contributed by atoms with van der Waals surface area (Å²) >= 11 is 1.70. The van der Waals surface area contributed by atoms with Crippen LogP contribution in [0.2, 0.25) is 0 Å². The summed E-state index contributed by atoms with van der Waals surface area (Å²) in [5, 5.41) is 16.4. The highest BCUT2D eigenvalue weighted by molar-refractivity contribution is 7.07. The lowest BCUT2D eigenvalue weighted by Crippen LogP contribution is -2.17. The highest BCUT2D eigenvalue weighted by Crippen LogP contribution is 2.16. The van der Waals surface area contributed by atoms with Crippen LogP contribution in [0.1, 0.15) is 30.0 Å². The van der Waals surface area contributed by atoms with E-state index in [1.165, 1.54) is 5.56 Å². The fourth-order valence-corrected chi connectivity index (χ4v) is 2.25. The number of rotatable bonds is 5. The van der Waals surface area contributed by atoms with Crippen LogP contribution in [0.3, 0.4) is 0 Å². The van der Waals surface area contributed by atoms with Crippen molar-refractivity contribution in [2.45, 2.75) is 26.1 Å². The Hall–Kier alpha value is -1.10. The fourth-order valence-electron chi connectivity index (χ4n) is 1.50. The van der Waals surface area contributed by atoms with Gasteiger partial charge in [0, 0.05) is 6.04 Å². The maximum absolute atomic E-state index is 8.87. The van der Waals surface area contributed by atoms with Crippen molar-refractivity contribution in [2.24, 2.45) is 0 Å². The molecule has 0 aliphatic rings. The molecule has 3 nitrogen and oxygen atoms in total. The Morgan fingerprint density at radius 3 is 2.81 bits per heavy atom. The largest absolute Gasteiger partial charge is 0.462 e. The van der Waals surface area contributed by atoms with Gasteiger partial charge < -0.3 is 14.8 Å². The number of hydrogen-bond acceptors (Lipinski definition) is 4. The van der Waals surface area contributed by atoms with Gasteiger partial charge >= 0.3 is 0 Å². The predicted molar refractivity (Wildman–Crippen MR) is 64.2 cm³/mol. The molecule has 2 aromatic heterocycles. The highest BCUT2D eigenvalue weighted by atomic mass is 32.1. The molecule has 1 unspecified atom stereocenters. The highest BCUT2D eigenvalue weighted by Gasteiger charge is 2.06. The first-order chi connectivity index (χ1) is 7.79. The number of thiophene rings is 1. The Labute approximate surface area is 98.7 Å². The van der Waals surface area contributed by atoms with Gasteiger partial charge in [0.2, 0.25) is 0 Å². The van der Waals surface area contributed by atoms with Crippen molar-refractivity contribution in [1.82, 2.24) is 5.32 Å². The molecule has 0 radical (unpaired) electrons. The topological polar surface area (TPSA) is 45.4 Å². The standard InChI is InChI=1S/C12H15NO2S/c1-9(10-4-5-16-8-10)13-6-11-2-3-12(7-14)15-11/h2-5,8-9,13-14H,6-7H2,1H3. The number of hydrogen-bond donors (Lipinski definition) is 2. The van der Waals surface area contributed by atoms with Crippen molar-refractivity contribution in [1.29, 1.82) is 0 Å². The van der Waals surface area contributed by atoms with E-state index in [4.69, 9.17) is 9.52 Å². The number of aliphatic hydroxyl groups is 1. The van der Waals surface area contributed by atoms with Crippen molar-refractivity contribution < 1.29 is 9.52 Å². The second kappa shape index (κ2) is 5.30. The Bertz CT molecular complexity index is 422. The van der Waals surface area contributed by atoms with Gasteiger partial charge in [-0.15, -0.1) is 0 Å². The number of nitrogens with one attached hydrogen (secondary N) is 1. The normalized spacial score (nSPS) is 12.9. The fraction of sp³-hybridized carbons (Fsp3) is 0.333. The van der Waals surface area contributed by atoms with Gasteiger partial charge in [-0.3, -0.25) is 0 Å². The average molecular weight is 237 g/mol. The van der Waals surface area contributed by atoms with Crippen molar-refractivity contribution >= 4 is 11.3 Å². The third kappa shape index (κ3) is 2.72. The minimum atomic E-state index is -0.0416. The Kier molecular flexibility index (Phi) is 3.77. The van der Waals surface area contributed by atoms with Gasteiger partial charge in [0.05, 0.1) is 6.54 Å². The molecular formula is C12H15NO2S. The number of furan rings is 1. The lowest BCUT2D eigenvalue weighted by Gasteiger charge is -2.10. The molecule has 0 aromatic carbocycles.